The maximum absolute atomic E-state index is 12.5. The minimum atomic E-state index is -0.612. The van der Waals surface area contributed by atoms with Crippen LogP contribution in [0.4, 0.5) is 0 Å². The van der Waals surface area contributed by atoms with Crippen LogP contribution in [0.25, 0.3) is 22.8 Å². The summed E-state index contributed by atoms with van der Waals surface area (Å²) < 4.78 is 11.0. The second-order valence-corrected chi connectivity index (χ2v) is 7.32. The lowest BCUT2D eigenvalue weighted by atomic mass is 10.1. The van der Waals surface area contributed by atoms with E-state index in [0.29, 0.717) is 17.2 Å². The fourth-order valence-electron chi connectivity index (χ4n) is 2.65. The van der Waals surface area contributed by atoms with Crippen LogP contribution in [0.1, 0.15) is 31.1 Å². The standard InChI is InChI=1S/C22H22N2O4/c1-22(2,3)24-19(25)14-27-21(26)17-12-8-7-11-16(17)20-23-13-18(28-20)15-9-5-4-6-10-15/h4-13H,14H2,1-3H3,(H,24,25). The zero-order chi connectivity index (χ0) is 20.1. The third-order valence-corrected chi connectivity index (χ3v) is 3.79. The lowest BCUT2D eigenvalue weighted by molar-refractivity contribution is -0.125. The highest BCUT2D eigenvalue weighted by atomic mass is 16.5. The van der Waals surface area contributed by atoms with Gasteiger partial charge in [-0.3, -0.25) is 4.79 Å². The zero-order valence-corrected chi connectivity index (χ0v) is 16.1. The molecule has 0 saturated heterocycles. The van der Waals surface area contributed by atoms with Gasteiger partial charge < -0.3 is 14.5 Å². The first-order valence-corrected chi connectivity index (χ1v) is 8.92. The number of ether oxygens (including phenoxy) is 1. The molecule has 0 radical (unpaired) electrons. The Morgan fingerprint density at radius 1 is 1.04 bits per heavy atom. The molecular formula is C22H22N2O4. The zero-order valence-electron chi connectivity index (χ0n) is 16.1. The van der Waals surface area contributed by atoms with Crippen LogP contribution in [0.3, 0.4) is 0 Å². The van der Waals surface area contributed by atoms with Crippen LogP contribution >= 0.6 is 0 Å². The molecule has 0 atom stereocenters. The average Bonchev–Trinajstić information content (AvgIpc) is 3.15. The van der Waals surface area contributed by atoms with Crippen LogP contribution in [0.5, 0.6) is 0 Å². The van der Waals surface area contributed by atoms with Crippen LogP contribution in [0.2, 0.25) is 0 Å². The summed E-state index contributed by atoms with van der Waals surface area (Å²) in [6, 6.07) is 16.4. The number of amides is 1. The number of nitrogens with one attached hydrogen (secondary N) is 1. The van der Waals surface area contributed by atoms with E-state index in [-0.39, 0.29) is 18.1 Å². The van der Waals surface area contributed by atoms with E-state index in [0.717, 1.165) is 5.56 Å². The lowest BCUT2D eigenvalue weighted by Gasteiger charge is -2.20. The molecule has 144 valence electrons. The predicted octanol–water partition coefficient (Wildman–Crippen LogP) is 4.08. The first-order chi connectivity index (χ1) is 13.3. The Morgan fingerprint density at radius 2 is 1.71 bits per heavy atom. The van der Waals surface area contributed by atoms with Crippen LogP contribution in [-0.4, -0.2) is 29.0 Å². The monoisotopic (exact) mass is 378 g/mol. The van der Waals surface area contributed by atoms with Crippen LogP contribution in [0, 0.1) is 0 Å². The molecule has 3 rings (SSSR count). The summed E-state index contributed by atoms with van der Waals surface area (Å²) in [6.45, 7) is 5.21. The number of nitrogens with zero attached hydrogens (tertiary/aromatic N) is 1. The van der Waals surface area contributed by atoms with E-state index in [1.54, 1.807) is 30.5 Å². The average molecular weight is 378 g/mol. The first-order valence-electron chi connectivity index (χ1n) is 8.92. The number of benzene rings is 2. The van der Waals surface area contributed by atoms with E-state index in [2.05, 4.69) is 10.3 Å². The van der Waals surface area contributed by atoms with Gasteiger partial charge in [-0.15, -0.1) is 0 Å². The van der Waals surface area contributed by atoms with E-state index in [4.69, 9.17) is 9.15 Å². The molecule has 2 aromatic carbocycles. The second-order valence-electron chi connectivity index (χ2n) is 7.32. The molecule has 0 spiro atoms. The number of hydrogen-bond acceptors (Lipinski definition) is 5. The molecule has 0 unspecified atom stereocenters. The van der Waals surface area contributed by atoms with Crippen molar-refractivity contribution in [1.82, 2.24) is 10.3 Å². The third kappa shape index (κ3) is 4.85. The molecule has 6 nitrogen and oxygen atoms in total. The van der Waals surface area contributed by atoms with Crippen molar-refractivity contribution in [2.24, 2.45) is 0 Å². The van der Waals surface area contributed by atoms with Crippen molar-refractivity contribution in [3.63, 3.8) is 0 Å². The Kier molecular flexibility index (Phi) is 5.59. The Labute approximate surface area is 163 Å². The van der Waals surface area contributed by atoms with Crippen molar-refractivity contribution in [3.05, 3.63) is 66.4 Å². The molecule has 6 heteroatoms. The van der Waals surface area contributed by atoms with Gasteiger partial charge in [-0.1, -0.05) is 42.5 Å². The van der Waals surface area contributed by atoms with E-state index in [9.17, 15) is 9.59 Å². The van der Waals surface area contributed by atoms with Crippen LogP contribution in [-0.2, 0) is 9.53 Å². The van der Waals surface area contributed by atoms with Crippen molar-refractivity contribution in [1.29, 1.82) is 0 Å². The number of oxazole rings is 1. The van der Waals surface area contributed by atoms with Gasteiger partial charge in [0.1, 0.15) is 0 Å². The number of carbonyl (C=O) groups excluding carboxylic acids is 2. The summed E-state index contributed by atoms with van der Waals surface area (Å²) in [7, 11) is 0. The largest absolute Gasteiger partial charge is 0.452 e. The normalized spacial score (nSPS) is 11.1. The van der Waals surface area contributed by atoms with Crippen LogP contribution < -0.4 is 5.32 Å². The van der Waals surface area contributed by atoms with E-state index >= 15 is 0 Å². The number of rotatable bonds is 5. The Morgan fingerprint density at radius 3 is 2.43 bits per heavy atom. The van der Waals surface area contributed by atoms with Gasteiger partial charge in [-0.2, -0.15) is 0 Å². The van der Waals surface area contributed by atoms with Gasteiger partial charge in [0, 0.05) is 11.1 Å². The molecular weight excluding hydrogens is 356 g/mol. The van der Waals surface area contributed by atoms with Crippen molar-refractivity contribution >= 4 is 11.9 Å². The van der Waals surface area contributed by atoms with Crippen molar-refractivity contribution in [2.75, 3.05) is 6.61 Å². The van der Waals surface area contributed by atoms with Gasteiger partial charge in [-0.25, -0.2) is 9.78 Å². The van der Waals surface area contributed by atoms with Crippen molar-refractivity contribution < 1.29 is 18.7 Å². The maximum atomic E-state index is 12.5. The van der Waals surface area contributed by atoms with Gasteiger partial charge in [0.2, 0.25) is 5.89 Å². The summed E-state index contributed by atoms with van der Waals surface area (Å²) in [5, 5.41) is 2.75. The molecule has 1 N–H and O–H groups in total. The van der Waals surface area contributed by atoms with Gasteiger partial charge in [0.15, 0.2) is 12.4 Å². The summed E-state index contributed by atoms with van der Waals surface area (Å²) in [6.07, 6.45) is 1.61. The topological polar surface area (TPSA) is 81.4 Å². The minimum absolute atomic E-state index is 0.285. The second kappa shape index (κ2) is 8.08. The summed E-state index contributed by atoms with van der Waals surface area (Å²) in [4.78, 5) is 28.7. The highest BCUT2D eigenvalue weighted by molar-refractivity contribution is 5.97. The maximum Gasteiger partial charge on any atom is 0.339 e. The number of hydrogen-bond donors (Lipinski definition) is 1. The molecule has 3 aromatic rings. The number of esters is 1. The molecule has 0 saturated carbocycles. The van der Waals surface area contributed by atoms with Gasteiger partial charge >= 0.3 is 5.97 Å². The molecule has 0 fully saturated rings. The fraction of sp³-hybridized carbons (Fsp3) is 0.227. The molecule has 28 heavy (non-hydrogen) atoms. The Balaban J connectivity index is 1.77. The molecule has 1 amide bonds. The molecule has 0 aliphatic carbocycles. The predicted molar refractivity (Wildman–Crippen MR) is 106 cm³/mol. The molecule has 1 aromatic heterocycles. The van der Waals surface area contributed by atoms with E-state index in [1.807, 2.05) is 51.1 Å². The van der Waals surface area contributed by atoms with Gasteiger partial charge in [0.05, 0.1) is 17.3 Å². The quantitative estimate of drug-likeness (QED) is 0.677. The SMILES string of the molecule is CC(C)(C)NC(=O)COC(=O)c1ccccc1-c1ncc(-c2ccccc2)o1. The van der Waals surface area contributed by atoms with Crippen LogP contribution in [0.15, 0.2) is 65.2 Å². The first kappa shape index (κ1) is 19.4. The minimum Gasteiger partial charge on any atom is -0.452 e. The Hall–Kier alpha value is -3.41. The molecule has 0 aliphatic rings. The number of carbonyl (C=O) groups is 2. The molecule has 1 heterocycles. The Bertz CT molecular complexity index is 971. The van der Waals surface area contributed by atoms with E-state index in [1.165, 1.54) is 0 Å². The van der Waals surface area contributed by atoms with Crippen molar-refractivity contribution in [3.8, 4) is 22.8 Å². The fourth-order valence-corrected chi connectivity index (χ4v) is 2.65. The summed E-state index contributed by atoms with van der Waals surface area (Å²) in [5.41, 5.74) is 1.28. The summed E-state index contributed by atoms with van der Waals surface area (Å²) >= 11 is 0. The van der Waals surface area contributed by atoms with Gasteiger partial charge in [0.25, 0.3) is 5.91 Å². The third-order valence-electron chi connectivity index (χ3n) is 3.79. The highest BCUT2D eigenvalue weighted by Crippen LogP contribution is 2.28. The smallest absolute Gasteiger partial charge is 0.339 e. The number of aromatic nitrogens is 1. The van der Waals surface area contributed by atoms with Gasteiger partial charge in [-0.05, 0) is 32.9 Å². The van der Waals surface area contributed by atoms with Crippen molar-refractivity contribution in [2.45, 2.75) is 26.3 Å². The molecule has 0 aliphatic heterocycles. The molecule has 0 bridgehead atoms. The summed E-state index contributed by atoms with van der Waals surface area (Å²) in [5.74, 6) is -0.0613. The highest BCUT2D eigenvalue weighted by Gasteiger charge is 2.20. The van der Waals surface area contributed by atoms with E-state index < -0.39 is 11.5 Å². The lowest BCUT2D eigenvalue weighted by Crippen LogP contribution is -2.42.